The van der Waals surface area contributed by atoms with Crippen molar-refractivity contribution in [1.29, 1.82) is 0 Å². The standard InChI is InChI=1S/C11H15NO4/c13-5-7(6-14)12-10(15)8-3-1-2-4-9(8)11(12)16/h1-2,7-9,13-14H,3-6H2. The number of allylic oxidation sites excluding steroid dienone is 2. The Morgan fingerprint density at radius 1 is 1.12 bits per heavy atom. The third-order valence-electron chi connectivity index (χ3n) is 3.33. The van der Waals surface area contributed by atoms with Crippen molar-refractivity contribution in [3.05, 3.63) is 12.2 Å². The molecule has 1 aliphatic heterocycles. The lowest BCUT2D eigenvalue weighted by Crippen LogP contribution is -2.45. The number of aliphatic hydroxyl groups excluding tert-OH is 2. The van der Waals surface area contributed by atoms with Gasteiger partial charge in [0.25, 0.3) is 0 Å². The zero-order valence-corrected chi connectivity index (χ0v) is 8.87. The summed E-state index contributed by atoms with van der Waals surface area (Å²) < 4.78 is 0. The van der Waals surface area contributed by atoms with Gasteiger partial charge in [0.15, 0.2) is 0 Å². The predicted molar refractivity (Wildman–Crippen MR) is 55.2 cm³/mol. The molecular formula is C11H15NO4. The van der Waals surface area contributed by atoms with Gasteiger partial charge in [-0.05, 0) is 12.8 Å². The highest BCUT2D eigenvalue weighted by atomic mass is 16.3. The fourth-order valence-electron chi connectivity index (χ4n) is 2.41. The average molecular weight is 225 g/mol. The maximum Gasteiger partial charge on any atom is 0.233 e. The molecule has 2 N–H and O–H groups in total. The predicted octanol–water partition coefficient (Wildman–Crippen LogP) is -0.709. The Kier molecular flexibility index (Phi) is 3.07. The van der Waals surface area contributed by atoms with Gasteiger partial charge in [-0.25, -0.2) is 0 Å². The fourth-order valence-corrected chi connectivity index (χ4v) is 2.41. The summed E-state index contributed by atoms with van der Waals surface area (Å²) >= 11 is 0. The molecule has 0 aromatic heterocycles. The van der Waals surface area contributed by atoms with Crippen LogP contribution in [0.3, 0.4) is 0 Å². The summed E-state index contributed by atoms with van der Waals surface area (Å²) in [5.41, 5.74) is 0. The van der Waals surface area contributed by atoms with Crippen LogP contribution in [0.4, 0.5) is 0 Å². The molecule has 0 spiro atoms. The molecule has 2 amide bonds. The normalized spacial score (nSPS) is 29.1. The third-order valence-corrected chi connectivity index (χ3v) is 3.33. The van der Waals surface area contributed by atoms with Crippen LogP contribution in [-0.4, -0.2) is 46.2 Å². The number of nitrogens with zero attached hydrogens (tertiary/aromatic N) is 1. The Hall–Kier alpha value is -1.20. The van der Waals surface area contributed by atoms with Crippen molar-refractivity contribution in [2.75, 3.05) is 13.2 Å². The van der Waals surface area contributed by atoms with Crippen LogP contribution in [-0.2, 0) is 9.59 Å². The number of hydrogen-bond donors (Lipinski definition) is 2. The largest absolute Gasteiger partial charge is 0.394 e. The van der Waals surface area contributed by atoms with Gasteiger partial charge in [-0.1, -0.05) is 12.2 Å². The molecule has 88 valence electrons. The molecule has 1 aliphatic carbocycles. The summed E-state index contributed by atoms with van der Waals surface area (Å²) in [6, 6.07) is -0.786. The Morgan fingerprint density at radius 2 is 1.56 bits per heavy atom. The molecule has 2 unspecified atom stereocenters. The molecule has 16 heavy (non-hydrogen) atoms. The van der Waals surface area contributed by atoms with Gasteiger partial charge in [0, 0.05) is 0 Å². The van der Waals surface area contributed by atoms with E-state index in [9.17, 15) is 9.59 Å². The van der Waals surface area contributed by atoms with Crippen LogP contribution in [0.15, 0.2) is 12.2 Å². The van der Waals surface area contributed by atoms with E-state index in [1.54, 1.807) is 0 Å². The van der Waals surface area contributed by atoms with Crippen molar-refractivity contribution >= 4 is 11.8 Å². The first-order valence-corrected chi connectivity index (χ1v) is 5.44. The lowest BCUT2D eigenvalue weighted by Gasteiger charge is -2.22. The number of likely N-dealkylation sites (tertiary alicyclic amines) is 1. The Labute approximate surface area is 93.4 Å². The van der Waals surface area contributed by atoms with Gasteiger partial charge in [0.2, 0.25) is 11.8 Å². The minimum Gasteiger partial charge on any atom is -0.394 e. The number of aliphatic hydroxyl groups is 2. The van der Waals surface area contributed by atoms with Gasteiger partial charge in [-0.2, -0.15) is 0 Å². The highest BCUT2D eigenvalue weighted by Gasteiger charge is 2.49. The van der Waals surface area contributed by atoms with E-state index in [-0.39, 0.29) is 36.9 Å². The van der Waals surface area contributed by atoms with Crippen molar-refractivity contribution < 1.29 is 19.8 Å². The van der Waals surface area contributed by atoms with Gasteiger partial charge in [-0.15, -0.1) is 0 Å². The molecule has 5 heteroatoms. The van der Waals surface area contributed by atoms with Crippen molar-refractivity contribution in [2.45, 2.75) is 18.9 Å². The topological polar surface area (TPSA) is 77.8 Å². The fraction of sp³-hybridized carbons (Fsp3) is 0.636. The number of carbonyl (C=O) groups is 2. The number of carbonyl (C=O) groups excluding carboxylic acids is 2. The van der Waals surface area contributed by atoms with Crippen LogP contribution in [0.2, 0.25) is 0 Å². The van der Waals surface area contributed by atoms with Crippen LogP contribution in [0.1, 0.15) is 12.8 Å². The maximum atomic E-state index is 12.0. The van der Waals surface area contributed by atoms with E-state index in [0.717, 1.165) is 4.90 Å². The Morgan fingerprint density at radius 3 is 1.94 bits per heavy atom. The summed E-state index contributed by atoms with van der Waals surface area (Å²) in [4.78, 5) is 25.0. The molecular weight excluding hydrogens is 210 g/mol. The van der Waals surface area contributed by atoms with E-state index in [4.69, 9.17) is 10.2 Å². The van der Waals surface area contributed by atoms with Crippen molar-refractivity contribution in [3.63, 3.8) is 0 Å². The SMILES string of the molecule is O=C1C2CC=CCC2C(=O)N1C(CO)CO. The second-order valence-corrected chi connectivity index (χ2v) is 4.22. The second kappa shape index (κ2) is 4.35. The monoisotopic (exact) mass is 225 g/mol. The lowest BCUT2D eigenvalue weighted by molar-refractivity contribution is -0.144. The number of rotatable bonds is 3. The molecule has 2 aliphatic rings. The zero-order chi connectivity index (χ0) is 11.7. The smallest absolute Gasteiger partial charge is 0.233 e. The van der Waals surface area contributed by atoms with Crippen LogP contribution >= 0.6 is 0 Å². The number of hydrogen-bond acceptors (Lipinski definition) is 4. The summed E-state index contributed by atoms with van der Waals surface area (Å²) in [5, 5.41) is 18.1. The van der Waals surface area contributed by atoms with Crippen molar-refractivity contribution in [1.82, 2.24) is 4.90 Å². The number of imide groups is 1. The molecule has 0 bridgehead atoms. The lowest BCUT2D eigenvalue weighted by atomic mass is 9.85. The molecule has 0 radical (unpaired) electrons. The highest BCUT2D eigenvalue weighted by molar-refractivity contribution is 6.05. The van der Waals surface area contributed by atoms with Gasteiger partial charge >= 0.3 is 0 Å². The first kappa shape index (κ1) is 11.3. The van der Waals surface area contributed by atoms with E-state index in [1.807, 2.05) is 12.2 Å². The van der Waals surface area contributed by atoms with Gasteiger partial charge in [0.05, 0.1) is 31.1 Å². The second-order valence-electron chi connectivity index (χ2n) is 4.22. The molecule has 0 aromatic carbocycles. The van der Waals surface area contributed by atoms with Gasteiger partial charge < -0.3 is 10.2 Å². The molecule has 1 heterocycles. The van der Waals surface area contributed by atoms with Crippen molar-refractivity contribution in [3.8, 4) is 0 Å². The van der Waals surface area contributed by atoms with Crippen LogP contribution < -0.4 is 0 Å². The molecule has 1 saturated heterocycles. The summed E-state index contributed by atoms with van der Waals surface area (Å²) in [5.74, 6) is -1.10. The zero-order valence-electron chi connectivity index (χ0n) is 8.87. The number of fused-ring (bicyclic) bond motifs is 1. The molecule has 1 fully saturated rings. The molecule has 2 rings (SSSR count). The van der Waals surface area contributed by atoms with Crippen molar-refractivity contribution in [2.24, 2.45) is 11.8 Å². The van der Waals surface area contributed by atoms with Crippen LogP contribution in [0.25, 0.3) is 0 Å². The average Bonchev–Trinajstić information content (AvgIpc) is 2.57. The van der Waals surface area contributed by atoms with Gasteiger partial charge in [0.1, 0.15) is 0 Å². The summed E-state index contributed by atoms with van der Waals surface area (Å²) in [6.07, 6.45) is 4.97. The van der Waals surface area contributed by atoms with Crippen LogP contribution in [0.5, 0.6) is 0 Å². The molecule has 0 aromatic rings. The first-order valence-electron chi connectivity index (χ1n) is 5.44. The third kappa shape index (κ3) is 1.56. The number of amides is 2. The van der Waals surface area contributed by atoms with E-state index >= 15 is 0 Å². The summed E-state index contributed by atoms with van der Waals surface area (Å²) in [7, 11) is 0. The minimum atomic E-state index is -0.786. The Balaban J connectivity index is 2.23. The maximum absolute atomic E-state index is 12.0. The van der Waals surface area contributed by atoms with Gasteiger partial charge in [-0.3, -0.25) is 14.5 Å². The summed E-state index contributed by atoms with van der Waals surface area (Å²) in [6.45, 7) is -0.776. The minimum absolute atomic E-state index is 0.257. The van der Waals surface area contributed by atoms with E-state index in [0.29, 0.717) is 12.8 Å². The van der Waals surface area contributed by atoms with Crippen LogP contribution in [0, 0.1) is 11.8 Å². The highest BCUT2D eigenvalue weighted by Crippen LogP contribution is 2.35. The Bertz CT molecular complexity index is 309. The first-order chi connectivity index (χ1) is 7.70. The molecule has 2 atom stereocenters. The van der Waals surface area contributed by atoms with E-state index in [1.165, 1.54) is 0 Å². The van der Waals surface area contributed by atoms with E-state index in [2.05, 4.69) is 0 Å². The molecule has 0 saturated carbocycles. The molecule has 5 nitrogen and oxygen atoms in total. The quantitative estimate of drug-likeness (QED) is 0.491. The van der Waals surface area contributed by atoms with E-state index < -0.39 is 6.04 Å².